The molecule has 1 atom stereocenters. The van der Waals surface area contributed by atoms with Gasteiger partial charge in [-0.15, -0.1) is 0 Å². The Morgan fingerprint density at radius 1 is 1.24 bits per heavy atom. The van der Waals surface area contributed by atoms with E-state index >= 15 is 0 Å². The minimum Gasteiger partial charge on any atom is -0.458 e. The summed E-state index contributed by atoms with van der Waals surface area (Å²) in [6.07, 6.45) is 3.28. The summed E-state index contributed by atoms with van der Waals surface area (Å²) in [5.74, 6) is -1.15. The molecule has 5 heteroatoms. The second-order valence-corrected chi connectivity index (χ2v) is 3.58. The average molecular weight is 238 g/mol. The van der Waals surface area contributed by atoms with Crippen LogP contribution in [0.2, 0.25) is 0 Å². The molecule has 0 radical (unpaired) electrons. The molecule has 1 heterocycles. The molecule has 1 unspecified atom stereocenters. The molecule has 0 saturated heterocycles. The molecule has 92 valence electrons. The zero-order valence-electron chi connectivity index (χ0n) is 10.2. The monoisotopic (exact) mass is 238 g/mol. The molecule has 17 heavy (non-hydrogen) atoms. The molecule has 0 aliphatic carbocycles. The molecule has 0 spiro atoms. The molecule has 0 aromatic carbocycles. The number of hydrogen-bond acceptors (Lipinski definition) is 4. The third-order valence-electron chi connectivity index (χ3n) is 2.20. The van der Waals surface area contributed by atoms with E-state index in [9.17, 15) is 9.59 Å². The van der Waals surface area contributed by atoms with E-state index in [1.807, 2.05) is 0 Å². The lowest BCUT2D eigenvalue weighted by atomic mass is 10.2. The molecule has 0 aliphatic heterocycles. The van der Waals surface area contributed by atoms with E-state index in [0.717, 1.165) is 0 Å². The minimum absolute atomic E-state index is 0.225. The van der Waals surface area contributed by atoms with Gasteiger partial charge in [0, 0.05) is 19.1 Å². The van der Waals surface area contributed by atoms with E-state index < -0.39 is 17.7 Å². The van der Waals surface area contributed by atoms with Gasteiger partial charge >= 0.3 is 17.7 Å². The van der Waals surface area contributed by atoms with Crippen molar-refractivity contribution in [3.63, 3.8) is 0 Å². The summed E-state index contributed by atoms with van der Waals surface area (Å²) in [6.45, 7) is 4.66. The molecule has 1 aromatic rings. The normalized spacial score (nSPS) is 13.6. The molecule has 0 amide bonds. The van der Waals surface area contributed by atoms with Crippen molar-refractivity contribution in [1.82, 2.24) is 0 Å². The van der Waals surface area contributed by atoms with E-state index in [4.69, 9.17) is 9.47 Å². The molecule has 0 aliphatic rings. The number of nitrogens with zero attached hydrogens (tertiary/aromatic N) is 1. The van der Waals surface area contributed by atoms with E-state index in [0.29, 0.717) is 0 Å². The number of rotatable bonds is 4. The largest absolute Gasteiger partial charge is 0.458 e. The summed E-state index contributed by atoms with van der Waals surface area (Å²) in [4.78, 5) is 23.0. The number of carbonyl (C=O) groups excluding carboxylic acids is 2. The van der Waals surface area contributed by atoms with Gasteiger partial charge in [-0.05, 0) is 6.92 Å². The van der Waals surface area contributed by atoms with Gasteiger partial charge in [0.2, 0.25) is 0 Å². The highest BCUT2D eigenvalue weighted by Crippen LogP contribution is 2.12. The third kappa shape index (κ3) is 3.03. The van der Waals surface area contributed by atoms with Crippen LogP contribution in [0.15, 0.2) is 30.6 Å². The van der Waals surface area contributed by atoms with Gasteiger partial charge in [0.05, 0.1) is 13.5 Å². The minimum atomic E-state index is -1.47. The fraction of sp³-hybridized carbons (Fsp3) is 0.417. The molecule has 0 N–H and O–H groups in total. The SMILES string of the molecule is CCOC(=O)C(C)(OC(C)=O)[n+]1ccccc1. The lowest BCUT2D eigenvalue weighted by Gasteiger charge is -2.20. The van der Waals surface area contributed by atoms with Crippen LogP contribution in [0, 0.1) is 0 Å². The van der Waals surface area contributed by atoms with E-state index in [-0.39, 0.29) is 6.61 Å². The number of pyridine rings is 1. The van der Waals surface area contributed by atoms with Crippen molar-refractivity contribution in [2.45, 2.75) is 26.5 Å². The van der Waals surface area contributed by atoms with Crippen LogP contribution in [-0.4, -0.2) is 18.5 Å². The quantitative estimate of drug-likeness (QED) is 0.574. The van der Waals surface area contributed by atoms with Gasteiger partial charge in [-0.25, -0.2) is 4.79 Å². The van der Waals surface area contributed by atoms with Crippen LogP contribution < -0.4 is 4.57 Å². The van der Waals surface area contributed by atoms with Crippen LogP contribution in [0.3, 0.4) is 0 Å². The molecule has 0 saturated carbocycles. The molecule has 1 rings (SSSR count). The highest BCUT2D eigenvalue weighted by Gasteiger charge is 2.48. The van der Waals surface area contributed by atoms with Crippen molar-refractivity contribution in [2.75, 3.05) is 6.61 Å². The van der Waals surface area contributed by atoms with Crippen molar-refractivity contribution in [3.05, 3.63) is 30.6 Å². The van der Waals surface area contributed by atoms with Crippen LogP contribution in [-0.2, 0) is 24.8 Å². The van der Waals surface area contributed by atoms with Gasteiger partial charge in [-0.2, -0.15) is 4.57 Å². The van der Waals surface area contributed by atoms with Crippen molar-refractivity contribution >= 4 is 11.9 Å². The first-order valence-corrected chi connectivity index (χ1v) is 5.34. The molecule has 1 aromatic heterocycles. The van der Waals surface area contributed by atoms with Crippen LogP contribution in [0.4, 0.5) is 0 Å². The summed E-state index contributed by atoms with van der Waals surface area (Å²) in [5, 5.41) is 0. The second-order valence-electron chi connectivity index (χ2n) is 3.58. The standard InChI is InChI=1S/C12H16NO4/c1-4-16-11(15)12(3,17-10(2)14)13-8-6-5-7-9-13/h5-9H,4H2,1-3H3/q+1. The summed E-state index contributed by atoms with van der Waals surface area (Å²) < 4.78 is 11.5. The second kappa shape index (κ2) is 5.43. The van der Waals surface area contributed by atoms with Crippen LogP contribution >= 0.6 is 0 Å². The predicted octanol–water partition coefficient (Wildman–Crippen LogP) is 0.773. The number of esters is 2. The van der Waals surface area contributed by atoms with Gasteiger partial charge in [0.1, 0.15) is 0 Å². The maximum Gasteiger partial charge on any atom is 0.422 e. The first kappa shape index (κ1) is 13.2. The fourth-order valence-corrected chi connectivity index (χ4v) is 1.43. The van der Waals surface area contributed by atoms with Gasteiger partial charge in [-0.1, -0.05) is 6.07 Å². The zero-order valence-corrected chi connectivity index (χ0v) is 10.2. The van der Waals surface area contributed by atoms with Gasteiger partial charge < -0.3 is 9.47 Å². The Balaban J connectivity index is 3.10. The Labute approximate surface area is 100.0 Å². The number of ether oxygens (including phenoxy) is 2. The van der Waals surface area contributed by atoms with Crippen molar-refractivity contribution < 1.29 is 23.6 Å². The Morgan fingerprint density at radius 3 is 2.29 bits per heavy atom. The van der Waals surface area contributed by atoms with Crippen LogP contribution in [0.25, 0.3) is 0 Å². The first-order valence-electron chi connectivity index (χ1n) is 5.34. The number of aromatic nitrogens is 1. The average Bonchev–Trinajstić information content (AvgIpc) is 2.29. The smallest absolute Gasteiger partial charge is 0.422 e. The first-order chi connectivity index (χ1) is 8.00. The molecular weight excluding hydrogens is 222 g/mol. The summed E-state index contributed by atoms with van der Waals surface area (Å²) in [6, 6.07) is 5.28. The maximum atomic E-state index is 11.9. The van der Waals surface area contributed by atoms with E-state index in [1.165, 1.54) is 18.4 Å². The summed E-state index contributed by atoms with van der Waals surface area (Å²) >= 11 is 0. The van der Waals surface area contributed by atoms with Gasteiger partial charge in [0.25, 0.3) is 0 Å². The Kier molecular flexibility index (Phi) is 4.20. The number of carbonyl (C=O) groups is 2. The predicted molar refractivity (Wildman–Crippen MR) is 58.7 cm³/mol. The lowest BCUT2D eigenvalue weighted by Crippen LogP contribution is -2.61. The Morgan fingerprint density at radius 2 is 1.82 bits per heavy atom. The van der Waals surface area contributed by atoms with E-state index in [1.54, 1.807) is 37.5 Å². The zero-order chi connectivity index (χ0) is 12.9. The van der Waals surface area contributed by atoms with Crippen molar-refractivity contribution in [1.29, 1.82) is 0 Å². The maximum absolute atomic E-state index is 11.9. The Bertz CT molecular complexity index is 404. The van der Waals surface area contributed by atoms with Crippen molar-refractivity contribution in [3.8, 4) is 0 Å². The fourth-order valence-electron chi connectivity index (χ4n) is 1.43. The molecule has 0 fully saturated rings. The van der Waals surface area contributed by atoms with Crippen molar-refractivity contribution in [2.24, 2.45) is 0 Å². The molecule has 0 bridgehead atoms. The third-order valence-corrected chi connectivity index (χ3v) is 2.20. The highest BCUT2D eigenvalue weighted by atomic mass is 16.6. The number of hydrogen-bond donors (Lipinski definition) is 0. The highest BCUT2D eigenvalue weighted by molar-refractivity contribution is 5.78. The topological polar surface area (TPSA) is 56.5 Å². The summed E-state index contributed by atoms with van der Waals surface area (Å²) in [7, 11) is 0. The molecule has 5 nitrogen and oxygen atoms in total. The van der Waals surface area contributed by atoms with Crippen LogP contribution in [0.5, 0.6) is 0 Å². The van der Waals surface area contributed by atoms with Gasteiger partial charge in [-0.3, -0.25) is 4.79 Å². The van der Waals surface area contributed by atoms with E-state index in [2.05, 4.69) is 0 Å². The van der Waals surface area contributed by atoms with Crippen LogP contribution in [0.1, 0.15) is 20.8 Å². The van der Waals surface area contributed by atoms with Gasteiger partial charge in [0.15, 0.2) is 12.4 Å². The Hall–Kier alpha value is -1.91. The molecular formula is C12H16NO4+. The lowest BCUT2D eigenvalue weighted by molar-refractivity contribution is -0.784. The summed E-state index contributed by atoms with van der Waals surface area (Å²) in [5.41, 5.74) is -1.47.